The van der Waals surface area contributed by atoms with Gasteiger partial charge in [0.05, 0.1) is 19.3 Å². The first kappa shape index (κ1) is 13.8. The van der Waals surface area contributed by atoms with Crippen LogP contribution in [0.25, 0.3) is 0 Å². The van der Waals surface area contributed by atoms with Gasteiger partial charge in [0, 0.05) is 11.2 Å². The van der Waals surface area contributed by atoms with E-state index < -0.39 is 0 Å². The van der Waals surface area contributed by atoms with Crippen molar-refractivity contribution in [1.82, 2.24) is 10.3 Å². The molecule has 0 spiro atoms. The second kappa shape index (κ2) is 6.04. The molecule has 0 radical (unpaired) electrons. The van der Waals surface area contributed by atoms with Crippen LogP contribution in [0.5, 0.6) is 5.75 Å². The monoisotopic (exact) mass is 276 g/mol. The van der Waals surface area contributed by atoms with E-state index >= 15 is 0 Å². The van der Waals surface area contributed by atoms with Crippen molar-refractivity contribution in [3.05, 3.63) is 58.4 Å². The Kier molecular flexibility index (Phi) is 4.40. The first-order valence-corrected chi connectivity index (χ1v) is 6.46. The minimum absolute atomic E-state index is 0.0429. The molecule has 0 aliphatic heterocycles. The van der Waals surface area contributed by atoms with E-state index in [0.717, 1.165) is 27.5 Å². The first-order chi connectivity index (χ1) is 9.17. The number of benzene rings is 1. The molecular weight excluding hydrogens is 260 g/mol. The second-order valence-corrected chi connectivity index (χ2v) is 4.74. The molecule has 0 fully saturated rings. The average Bonchev–Trinajstić information content (AvgIpc) is 2.44. The molecule has 19 heavy (non-hydrogen) atoms. The highest BCUT2D eigenvalue weighted by Gasteiger charge is 2.16. The number of nitrogens with zero attached hydrogens (tertiary/aromatic N) is 1. The predicted molar refractivity (Wildman–Crippen MR) is 77.9 cm³/mol. The fourth-order valence-electron chi connectivity index (χ4n) is 2.14. The summed E-state index contributed by atoms with van der Waals surface area (Å²) in [6.07, 6.45) is 3.53. The molecule has 1 heterocycles. The number of hydrogen-bond donors (Lipinski definition) is 1. The molecule has 0 saturated heterocycles. The standard InChI is InChI=1S/C15H17ClN2O/c1-10-13(5-4-6-14(10)16)15(17-2)11-7-12(19-3)9-18-8-11/h4-9,15,17H,1-3H3. The van der Waals surface area contributed by atoms with Gasteiger partial charge < -0.3 is 10.1 Å². The summed E-state index contributed by atoms with van der Waals surface area (Å²) in [6, 6.07) is 7.96. The molecule has 0 aliphatic rings. The van der Waals surface area contributed by atoms with Gasteiger partial charge in [-0.2, -0.15) is 0 Å². The Balaban J connectivity index is 2.46. The molecule has 100 valence electrons. The molecule has 1 unspecified atom stereocenters. The Labute approximate surface area is 118 Å². The molecule has 1 atom stereocenters. The SMILES string of the molecule is CNC(c1cncc(OC)c1)c1cccc(Cl)c1C. The number of methoxy groups -OCH3 is 1. The Morgan fingerprint density at radius 3 is 2.79 bits per heavy atom. The summed E-state index contributed by atoms with van der Waals surface area (Å²) in [5.41, 5.74) is 3.27. The molecule has 2 aromatic rings. The Bertz CT molecular complexity index is 572. The fourth-order valence-corrected chi connectivity index (χ4v) is 2.33. The maximum absolute atomic E-state index is 6.19. The van der Waals surface area contributed by atoms with Crippen LogP contribution in [0.4, 0.5) is 0 Å². The molecule has 0 saturated carbocycles. The summed E-state index contributed by atoms with van der Waals surface area (Å²) in [5, 5.41) is 4.07. The molecule has 0 aliphatic carbocycles. The maximum Gasteiger partial charge on any atom is 0.137 e. The van der Waals surface area contributed by atoms with E-state index in [0.29, 0.717) is 0 Å². The summed E-state index contributed by atoms with van der Waals surface area (Å²) in [5.74, 6) is 0.748. The number of ether oxygens (including phenoxy) is 1. The van der Waals surface area contributed by atoms with E-state index in [1.54, 1.807) is 13.3 Å². The summed E-state index contributed by atoms with van der Waals surface area (Å²) in [4.78, 5) is 4.20. The normalized spacial score (nSPS) is 12.2. The lowest BCUT2D eigenvalue weighted by Crippen LogP contribution is -2.19. The fraction of sp³-hybridized carbons (Fsp3) is 0.267. The van der Waals surface area contributed by atoms with E-state index in [9.17, 15) is 0 Å². The Hall–Kier alpha value is -1.58. The number of rotatable bonds is 4. The van der Waals surface area contributed by atoms with Crippen molar-refractivity contribution in [3.63, 3.8) is 0 Å². The number of pyridine rings is 1. The lowest BCUT2D eigenvalue weighted by molar-refractivity contribution is 0.411. The van der Waals surface area contributed by atoms with Crippen molar-refractivity contribution < 1.29 is 4.74 Å². The van der Waals surface area contributed by atoms with E-state index in [2.05, 4.69) is 16.4 Å². The van der Waals surface area contributed by atoms with Crippen molar-refractivity contribution >= 4 is 11.6 Å². The minimum Gasteiger partial charge on any atom is -0.495 e. The largest absolute Gasteiger partial charge is 0.495 e. The van der Waals surface area contributed by atoms with Crippen molar-refractivity contribution in [1.29, 1.82) is 0 Å². The molecule has 0 bridgehead atoms. The van der Waals surface area contributed by atoms with Gasteiger partial charge in [0.15, 0.2) is 0 Å². The van der Waals surface area contributed by atoms with Crippen LogP contribution < -0.4 is 10.1 Å². The predicted octanol–water partition coefficient (Wildman–Crippen LogP) is 3.36. The smallest absolute Gasteiger partial charge is 0.137 e. The van der Waals surface area contributed by atoms with Gasteiger partial charge in [-0.1, -0.05) is 23.7 Å². The van der Waals surface area contributed by atoms with Crippen LogP contribution in [0.3, 0.4) is 0 Å². The van der Waals surface area contributed by atoms with Gasteiger partial charge in [0.1, 0.15) is 5.75 Å². The van der Waals surface area contributed by atoms with E-state index in [4.69, 9.17) is 16.3 Å². The highest BCUT2D eigenvalue weighted by atomic mass is 35.5. The third-order valence-electron chi connectivity index (χ3n) is 3.21. The lowest BCUT2D eigenvalue weighted by atomic mass is 9.96. The van der Waals surface area contributed by atoms with Crippen LogP contribution >= 0.6 is 11.6 Å². The van der Waals surface area contributed by atoms with Crippen molar-refractivity contribution in [2.45, 2.75) is 13.0 Å². The molecule has 0 amide bonds. The van der Waals surface area contributed by atoms with Gasteiger partial charge in [-0.15, -0.1) is 0 Å². The van der Waals surface area contributed by atoms with E-state index in [1.165, 1.54) is 0 Å². The topological polar surface area (TPSA) is 34.2 Å². The second-order valence-electron chi connectivity index (χ2n) is 4.33. The first-order valence-electron chi connectivity index (χ1n) is 6.08. The molecule has 1 aromatic heterocycles. The Morgan fingerprint density at radius 2 is 2.11 bits per heavy atom. The maximum atomic E-state index is 6.19. The lowest BCUT2D eigenvalue weighted by Gasteiger charge is -2.20. The molecule has 1 aromatic carbocycles. The van der Waals surface area contributed by atoms with Crippen LogP contribution in [-0.4, -0.2) is 19.1 Å². The number of halogens is 1. The summed E-state index contributed by atoms with van der Waals surface area (Å²) >= 11 is 6.19. The third kappa shape index (κ3) is 2.88. The van der Waals surface area contributed by atoms with Crippen LogP contribution in [0.2, 0.25) is 5.02 Å². The van der Waals surface area contributed by atoms with Crippen LogP contribution in [0.1, 0.15) is 22.7 Å². The van der Waals surface area contributed by atoms with Gasteiger partial charge in [-0.25, -0.2) is 0 Å². The molecule has 4 heteroatoms. The van der Waals surface area contributed by atoms with Gasteiger partial charge in [0.2, 0.25) is 0 Å². The zero-order chi connectivity index (χ0) is 13.8. The quantitative estimate of drug-likeness (QED) is 0.930. The summed E-state index contributed by atoms with van der Waals surface area (Å²) < 4.78 is 5.22. The van der Waals surface area contributed by atoms with E-state index in [-0.39, 0.29) is 6.04 Å². The van der Waals surface area contributed by atoms with Gasteiger partial charge in [-0.05, 0) is 42.8 Å². The molecular formula is C15H17ClN2O. The Morgan fingerprint density at radius 1 is 1.32 bits per heavy atom. The average molecular weight is 277 g/mol. The third-order valence-corrected chi connectivity index (χ3v) is 3.62. The zero-order valence-electron chi connectivity index (χ0n) is 11.3. The van der Waals surface area contributed by atoms with Crippen LogP contribution in [0.15, 0.2) is 36.7 Å². The number of nitrogens with one attached hydrogen (secondary N) is 1. The molecule has 1 N–H and O–H groups in total. The molecule has 3 nitrogen and oxygen atoms in total. The molecule has 2 rings (SSSR count). The van der Waals surface area contributed by atoms with Gasteiger partial charge in [0.25, 0.3) is 0 Å². The van der Waals surface area contributed by atoms with Crippen LogP contribution in [-0.2, 0) is 0 Å². The summed E-state index contributed by atoms with van der Waals surface area (Å²) in [6.45, 7) is 2.02. The van der Waals surface area contributed by atoms with Gasteiger partial charge in [-0.3, -0.25) is 4.98 Å². The number of hydrogen-bond acceptors (Lipinski definition) is 3. The highest BCUT2D eigenvalue weighted by molar-refractivity contribution is 6.31. The number of aromatic nitrogens is 1. The van der Waals surface area contributed by atoms with Crippen LogP contribution in [0, 0.1) is 6.92 Å². The van der Waals surface area contributed by atoms with Crippen molar-refractivity contribution in [2.75, 3.05) is 14.2 Å². The zero-order valence-corrected chi connectivity index (χ0v) is 12.0. The van der Waals surface area contributed by atoms with Crippen molar-refractivity contribution in [3.8, 4) is 5.75 Å². The van der Waals surface area contributed by atoms with Crippen molar-refractivity contribution in [2.24, 2.45) is 0 Å². The highest BCUT2D eigenvalue weighted by Crippen LogP contribution is 2.29. The van der Waals surface area contributed by atoms with Gasteiger partial charge >= 0.3 is 0 Å². The minimum atomic E-state index is 0.0429. The summed E-state index contributed by atoms with van der Waals surface area (Å²) in [7, 11) is 3.56. The van der Waals surface area contributed by atoms with E-state index in [1.807, 2.05) is 38.4 Å².